The number of anilines is 1. The van der Waals surface area contributed by atoms with E-state index in [-0.39, 0.29) is 24.8 Å². The largest absolute Gasteiger partial charge is 0.467 e. The van der Waals surface area contributed by atoms with Gasteiger partial charge in [0.25, 0.3) is 5.91 Å². The fourth-order valence-corrected chi connectivity index (χ4v) is 2.81. The number of hydrogen-bond acceptors (Lipinski definition) is 5. The number of hydrogen-bond donors (Lipinski definition) is 2. The molecule has 0 bridgehead atoms. The second kappa shape index (κ2) is 8.44. The molecule has 0 aliphatic carbocycles. The topological polar surface area (TPSA) is 102 Å². The van der Waals surface area contributed by atoms with Crippen LogP contribution < -0.4 is 11.1 Å². The molecule has 24 heavy (non-hydrogen) atoms. The van der Waals surface area contributed by atoms with Crippen LogP contribution in [0.3, 0.4) is 0 Å². The van der Waals surface area contributed by atoms with E-state index in [0.717, 1.165) is 12.8 Å². The fourth-order valence-electron chi connectivity index (χ4n) is 2.81. The molecule has 1 aromatic rings. The second-order valence-corrected chi connectivity index (χ2v) is 5.70. The molecule has 1 atom stereocenters. The van der Waals surface area contributed by atoms with Crippen molar-refractivity contribution in [1.82, 2.24) is 4.90 Å². The van der Waals surface area contributed by atoms with Gasteiger partial charge in [0.1, 0.15) is 6.04 Å². The molecule has 1 aromatic carbocycles. The van der Waals surface area contributed by atoms with Gasteiger partial charge in [-0.3, -0.25) is 9.59 Å². The summed E-state index contributed by atoms with van der Waals surface area (Å²) in [7, 11) is 1.33. The second-order valence-electron chi connectivity index (χ2n) is 5.70. The predicted octanol–water partition coefficient (Wildman–Crippen LogP) is 1.14. The molecule has 3 N–H and O–H groups in total. The van der Waals surface area contributed by atoms with E-state index >= 15 is 0 Å². The number of nitrogens with two attached hydrogens (primary N) is 1. The van der Waals surface area contributed by atoms with E-state index in [1.165, 1.54) is 7.11 Å². The van der Waals surface area contributed by atoms with Gasteiger partial charge in [-0.15, -0.1) is 0 Å². The highest BCUT2D eigenvalue weighted by Crippen LogP contribution is 2.22. The van der Waals surface area contributed by atoms with Crippen LogP contribution in [0.4, 0.5) is 5.69 Å². The molecule has 130 valence electrons. The molecule has 1 saturated heterocycles. The number of carbonyl (C=O) groups excluding carboxylic acids is 3. The van der Waals surface area contributed by atoms with Crippen LogP contribution in [0.15, 0.2) is 24.3 Å². The Balaban J connectivity index is 2.16. The van der Waals surface area contributed by atoms with Crippen molar-refractivity contribution in [3.8, 4) is 0 Å². The monoisotopic (exact) mass is 333 g/mol. The van der Waals surface area contributed by atoms with Crippen LogP contribution in [0.5, 0.6) is 0 Å². The van der Waals surface area contributed by atoms with Gasteiger partial charge in [-0.2, -0.15) is 0 Å². The molecule has 0 spiro atoms. The average Bonchev–Trinajstić information content (AvgIpc) is 2.60. The van der Waals surface area contributed by atoms with Gasteiger partial charge in [-0.05, 0) is 37.5 Å². The van der Waals surface area contributed by atoms with Gasteiger partial charge in [0.05, 0.1) is 7.11 Å². The maximum Gasteiger partial charge on any atom is 0.328 e. The van der Waals surface area contributed by atoms with Crippen LogP contribution in [-0.2, 0) is 14.3 Å². The Morgan fingerprint density at radius 1 is 1.33 bits per heavy atom. The number of benzene rings is 1. The van der Waals surface area contributed by atoms with E-state index in [4.69, 9.17) is 10.5 Å². The minimum atomic E-state index is -0.549. The van der Waals surface area contributed by atoms with Crippen molar-refractivity contribution in [2.45, 2.75) is 31.7 Å². The third-order valence-corrected chi connectivity index (χ3v) is 4.00. The van der Waals surface area contributed by atoms with Crippen LogP contribution in [0.25, 0.3) is 0 Å². The number of nitrogens with one attached hydrogen (secondary N) is 1. The Labute approximate surface area is 141 Å². The van der Waals surface area contributed by atoms with Crippen molar-refractivity contribution in [3.63, 3.8) is 0 Å². The minimum absolute atomic E-state index is 0.201. The minimum Gasteiger partial charge on any atom is -0.467 e. The predicted molar refractivity (Wildman–Crippen MR) is 89.4 cm³/mol. The van der Waals surface area contributed by atoms with Gasteiger partial charge in [-0.1, -0.05) is 6.07 Å². The van der Waals surface area contributed by atoms with Gasteiger partial charge >= 0.3 is 5.97 Å². The van der Waals surface area contributed by atoms with Crippen molar-refractivity contribution in [3.05, 3.63) is 29.8 Å². The molecule has 0 aromatic heterocycles. The molecule has 7 heteroatoms. The summed E-state index contributed by atoms with van der Waals surface area (Å²) in [6.07, 6.45) is 2.56. The van der Waals surface area contributed by atoms with E-state index in [2.05, 4.69) is 5.32 Å². The van der Waals surface area contributed by atoms with Crippen LogP contribution in [0.1, 0.15) is 36.0 Å². The molecule has 1 aliphatic heterocycles. The van der Waals surface area contributed by atoms with Crippen molar-refractivity contribution in [2.24, 2.45) is 5.73 Å². The van der Waals surface area contributed by atoms with Crippen molar-refractivity contribution in [1.29, 1.82) is 0 Å². The number of methoxy groups -OCH3 is 1. The van der Waals surface area contributed by atoms with E-state index in [1.54, 1.807) is 29.2 Å². The first-order chi connectivity index (χ1) is 11.6. The number of rotatable bonds is 5. The van der Waals surface area contributed by atoms with Gasteiger partial charge < -0.3 is 20.7 Å². The van der Waals surface area contributed by atoms with E-state index in [1.807, 2.05) is 0 Å². The van der Waals surface area contributed by atoms with E-state index in [9.17, 15) is 14.4 Å². The lowest BCUT2D eigenvalue weighted by atomic mass is 10.0. The summed E-state index contributed by atoms with van der Waals surface area (Å²) >= 11 is 0. The van der Waals surface area contributed by atoms with Crippen molar-refractivity contribution < 1.29 is 19.1 Å². The molecule has 1 heterocycles. The van der Waals surface area contributed by atoms with Crippen LogP contribution in [-0.4, -0.2) is 48.9 Å². The van der Waals surface area contributed by atoms with Gasteiger partial charge in [0, 0.05) is 30.8 Å². The summed E-state index contributed by atoms with van der Waals surface area (Å²) in [5, 5.41) is 2.70. The first-order valence-corrected chi connectivity index (χ1v) is 8.05. The highest BCUT2D eigenvalue weighted by atomic mass is 16.5. The Hall–Kier alpha value is -2.41. The summed E-state index contributed by atoms with van der Waals surface area (Å²) in [5.74, 6) is -0.831. The molecule has 7 nitrogen and oxygen atoms in total. The van der Waals surface area contributed by atoms with Crippen LogP contribution >= 0.6 is 0 Å². The number of esters is 1. The zero-order valence-corrected chi connectivity index (χ0v) is 13.8. The number of carbonyl (C=O) groups is 3. The quantitative estimate of drug-likeness (QED) is 0.787. The molecule has 0 radical (unpaired) electrons. The van der Waals surface area contributed by atoms with Crippen LogP contribution in [0, 0.1) is 0 Å². The molecule has 1 aliphatic rings. The molecule has 0 saturated carbocycles. The number of likely N-dealkylation sites (tertiary alicyclic amines) is 1. The number of nitrogens with zero attached hydrogens (tertiary/aromatic N) is 1. The average molecular weight is 333 g/mol. The number of piperidine rings is 1. The summed E-state index contributed by atoms with van der Waals surface area (Å²) in [6, 6.07) is 6.14. The Bertz CT molecular complexity index is 618. The first-order valence-electron chi connectivity index (χ1n) is 8.05. The molecule has 1 unspecified atom stereocenters. The summed E-state index contributed by atoms with van der Waals surface area (Å²) in [4.78, 5) is 37.9. The molecule has 2 amide bonds. The van der Waals surface area contributed by atoms with E-state index in [0.29, 0.717) is 24.2 Å². The third kappa shape index (κ3) is 4.32. The van der Waals surface area contributed by atoms with Gasteiger partial charge in [0.15, 0.2) is 0 Å². The fraction of sp³-hybridized carbons (Fsp3) is 0.471. The highest BCUT2D eigenvalue weighted by molar-refractivity contribution is 5.99. The summed E-state index contributed by atoms with van der Waals surface area (Å²) in [5.41, 5.74) is 6.31. The van der Waals surface area contributed by atoms with Crippen molar-refractivity contribution >= 4 is 23.5 Å². The molecular formula is C17H23N3O4. The zero-order valence-electron chi connectivity index (χ0n) is 13.8. The third-order valence-electron chi connectivity index (χ3n) is 4.00. The lowest BCUT2D eigenvalue weighted by Crippen LogP contribution is -2.48. The maximum absolute atomic E-state index is 12.8. The standard InChI is InChI=1S/C17H23N3O4/c1-24-17(23)14-7-2-3-10-20(14)16(22)12-5-4-6-13(11-12)19-15(21)8-9-18/h4-6,11,14H,2-3,7-10,18H2,1H3,(H,19,21). The van der Waals surface area contributed by atoms with Crippen molar-refractivity contribution in [2.75, 3.05) is 25.5 Å². The Morgan fingerprint density at radius 3 is 2.83 bits per heavy atom. The molecule has 1 fully saturated rings. The normalized spacial score (nSPS) is 17.2. The molecular weight excluding hydrogens is 310 g/mol. The Morgan fingerprint density at radius 2 is 2.12 bits per heavy atom. The molecule has 2 rings (SSSR count). The van der Waals surface area contributed by atoms with Gasteiger partial charge in [-0.25, -0.2) is 4.79 Å². The lowest BCUT2D eigenvalue weighted by molar-refractivity contribution is -0.147. The Kier molecular flexibility index (Phi) is 6.31. The SMILES string of the molecule is COC(=O)C1CCCCN1C(=O)c1cccc(NC(=O)CCN)c1. The lowest BCUT2D eigenvalue weighted by Gasteiger charge is -2.33. The summed E-state index contributed by atoms with van der Waals surface area (Å²) < 4.78 is 4.81. The first kappa shape index (κ1) is 17.9. The van der Waals surface area contributed by atoms with Gasteiger partial charge in [0.2, 0.25) is 5.91 Å². The highest BCUT2D eigenvalue weighted by Gasteiger charge is 2.33. The smallest absolute Gasteiger partial charge is 0.328 e. The number of ether oxygens (including phenoxy) is 1. The number of amides is 2. The summed E-state index contributed by atoms with van der Waals surface area (Å²) in [6.45, 7) is 0.779. The maximum atomic E-state index is 12.8. The van der Waals surface area contributed by atoms with E-state index < -0.39 is 12.0 Å². The van der Waals surface area contributed by atoms with Crippen LogP contribution in [0.2, 0.25) is 0 Å². The zero-order chi connectivity index (χ0) is 17.5.